The molecule has 6 nitrogen and oxygen atoms in total. The number of benzene rings is 3. The zero-order chi connectivity index (χ0) is 27.9. The first-order valence-electron chi connectivity index (χ1n) is 14.1. The highest BCUT2D eigenvalue weighted by molar-refractivity contribution is 5.96. The van der Waals surface area contributed by atoms with Crippen LogP contribution in [-0.4, -0.2) is 30.2 Å². The SMILES string of the molecule is Cc1ccc(C2=NC(=CO[C@H]3CCC[C@@H](OCc4cccc(C)c4C(=O)OCc4ccccc4)C3)C(C)O2)cc1. The van der Waals surface area contributed by atoms with E-state index in [9.17, 15) is 4.79 Å². The number of carbonyl (C=O) groups excluding carboxylic acids is 1. The lowest BCUT2D eigenvalue weighted by molar-refractivity contribution is -0.0278. The number of hydrogen-bond acceptors (Lipinski definition) is 6. The molecule has 208 valence electrons. The van der Waals surface area contributed by atoms with Crippen molar-refractivity contribution in [3.63, 3.8) is 0 Å². The van der Waals surface area contributed by atoms with Crippen LogP contribution in [0.25, 0.3) is 0 Å². The third-order valence-electron chi connectivity index (χ3n) is 7.44. The maximum absolute atomic E-state index is 13.0. The third-order valence-corrected chi connectivity index (χ3v) is 7.44. The molecule has 2 aliphatic rings. The van der Waals surface area contributed by atoms with E-state index in [1.807, 2.05) is 74.5 Å². The predicted octanol–water partition coefficient (Wildman–Crippen LogP) is 7.21. The average Bonchev–Trinajstić information content (AvgIpc) is 3.35. The summed E-state index contributed by atoms with van der Waals surface area (Å²) < 4.78 is 24.1. The second kappa shape index (κ2) is 13.0. The van der Waals surface area contributed by atoms with Crippen molar-refractivity contribution >= 4 is 11.9 Å². The minimum atomic E-state index is -0.324. The molecule has 0 aromatic heterocycles. The van der Waals surface area contributed by atoms with E-state index in [1.165, 1.54) is 5.56 Å². The van der Waals surface area contributed by atoms with E-state index in [-0.39, 0.29) is 30.9 Å². The molecule has 1 unspecified atom stereocenters. The lowest BCUT2D eigenvalue weighted by Crippen LogP contribution is -2.27. The Hall–Kier alpha value is -3.90. The molecule has 3 aromatic rings. The normalized spacial score (nSPS) is 21.5. The Morgan fingerprint density at radius 1 is 0.950 bits per heavy atom. The topological polar surface area (TPSA) is 66.4 Å². The summed E-state index contributed by atoms with van der Waals surface area (Å²) in [5.41, 5.74) is 6.23. The summed E-state index contributed by atoms with van der Waals surface area (Å²) in [5, 5.41) is 0. The van der Waals surface area contributed by atoms with Gasteiger partial charge >= 0.3 is 5.97 Å². The van der Waals surface area contributed by atoms with Crippen molar-refractivity contribution < 1.29 is 23.7 Å². The van der Waals surface area contributed by atoms with Gasteiger partial charge in [0.2, 0.25) is 5.90 Å². The van der Waals surface area contributed by atoms with Crippen molar-refractivity contribution in [2.75, 3.05) is 0 Å². The average molecular weight is 540 g/mol. The van der Waals surface area contributed by atoms with Crippen LogP contribution in [0.3, 0.4) is 0 Å². The zero-order valence-corrected chi connectivity index (χ0v) is 23.5. The molecule has 40 heavy (non-hydrogen) atoms. The number of ether oxygens (including phenoxy) is 4. The van der Waals surface area contributed by atoms with E-state index in [0.29, 0.717) is 18.1 Å². The Balaban J connectivity index is 1.16. The largest absolute Gasteiger partial charge is 0.496 e. The van der Waals surface area contributed by atoms with Gasteiger partial charge < -0.3 is 18.9 Å². The Kier molecular flexibility index (Phi) is 8.97. The summed E-state index contributed by atoms with van der Waals surface area (Å²) in [6.45, 7) is 6.57. The van der Waals surface area contributed by atoms with Crippen LogP contribution >= 0.6 is 0 Å². The van der Waals surface area contributed by atoms with Crippen molar-refractivity contribution in [2.24, 2.45) is 4.99 Å². The fourth-order valence-electron chi connectivity index (χ4n) is 5.10. The highest BCUT2D eigenvalue weighted by atomic mass is 16.5. The molecule has 3 aromatic carbocycles. The number of rotatable bonds is 9. The van der Waals surface area contributed by atoms with Crippen molar-refractivity contribution in [2.45, 2.75) is 78.0 Å². The molecule has 0 N–H and O–H groups in total. The van der Waals surface area contributed by atoms with Gasteiger partial charge in [-0.25, -0.2) is 9.79 Å². The molecule has 1 saturated carbocycles. The number of aliphatic imine (C=N–C) groups is 1. The lowest BCUT2D eigenvalue weighted by Gasteiger charge is -2.29. The van der Waals surface area contributed by atoms with Gasteiger partial charge in [-0.2, -0.15) is 0 Å². The van der Waals surface area contributed by atoms with Gasteiger partial charge in [-0.1, -0.05) is 66.2 Å². The van der Waals surface area contributed by atoms with Crippen LogP contribution in [0.5, 0.6) is 0 Å². The number of hydrogen-bond donors (Lipinski definition) is 0. The Bertz CT molecular complexity index is 1360. The molecule has 5 rings (SSSR count). The van der Waals surface area contributed by atoms with E-state index in [4.69, 9.17) is 18.9 Å². The van der Waals surface area contributed by atoms with Gasteiger partial charge in [0.1, 0.15) is 30.8 Å². The second-order valence-electron chi connectivity index (χ2n) is 10.6. The fraction of sp³-hybridized carbons (Fsp3) is 0.353. The lowest BCUT2D eigenvalue weighted by atomic mass is 9.94. The molecule has 0 radical (unpaired) electrons. The summed E-state index contributed by atoms with van der Waals surface area (Å²) in [5.74, 6) is 0.305. The first-order valence-corrected chi connectivity index (χ1v) is 14.1. The summed E-state index contributed by atoms with van der Waals surface area (Å²) in [6.07, 6.45) is 5.42. The number of nitrogens with zero attached hydrogens (tertiary/aromatic N) is 1. The van der Waals surface area contributed by atoms with Crippen molar-refractivity contribution in [3.8, 4) is 0 Å². The standard InChI is InChI=1S/C34H37NO5/c1-23-15-17-27(18-16-23)33-35-31(25(3)40-33)22-38-30-14-8-13-29(19-30)37-21-28-12-7-9-24(2)32(28)34(36)39-20-26-10-5-4-6-11-26/h4-7,9-12,15-18,22,25,29-30H,8,13-14,19-21H2,1-3H3/t25?,29-,30+/m1/s1. The van der Waals surface area contributed by atoms with Crippen LogP contribution in [0.15, 0.2) is 89.7 Å². The molecular weight excluding hydrogens is 502 g/mol. The molecule has 3 atom stereocenters. The van der Waals surface area contributed by atoms with Crippen LogP contribution < -0.4 is 0 Å². The van der Waals surface area contributed by atoms with Crippen LogP contribution in [0.1, 0.15) is 70.8 Å². The van der Waals surface area contributed by atoms with Crippen LogP contribution in [0, 0.1) is 13.8 Å². The van der Waals surface area contributed by atoms with E-state index in [0.717, 1.165) is 53.6 Å². The Morgan fingerprint density at radius 2 is 1.73 bits per heavy atom. The Morgan fingerprint density at radius 3 is 2.52 bits per heavy atom. The van der Waals surface area contributed by atoms with Gasteiger partial charge in [0.25, 0.3) is 0 Å². The van der Waals surface area contributed by atoms with Crippen LogP contribution in [0.4, 0.5) is 0 Å². The van der Waals surface area contributed by atoms with Gasteiger partial charge in [-0.3, -0.25) is 0 Å². The summed E-state index contributed by atoms with van der Waals surface area (Å²) in [7, 11) is 0. The van der Waals surface area contributed by atoms with E-state index in [1.54, 1.807) is 6.26 Å². The number of carbonyl (C=O) groups is 1. The third kappa shape index (κ3) is 6.99. The fourth-order valence-corrected chi connectivity index (χ4v) is 5.10. The maximum atomic E-state index is 13.0. The highest BCUT2D eigenvalue weighted by Crippen LogP contribution is 2.28. The van der Waals surface area contributed by atoms with Gasteiger partial charge in [-0.05, 0) is 68.9 Å². The quantitative estimate of drug-likeness (QED) is 0.212. The minimum Gasteiger partial charge on any atom is -0.496 e. The zero-order valence-electron chi connectivity index (χ0n) is 23.5. The molecule has 1 heterocycles. The molecule has 0 saturated heterocycles. The maximum Gasteiger partial charge on any atom is 0.339 e. The molecule has 0 amide bonds. The van der Waals surface area contributed by atoms with Crippen LogP contribution in [0.2, 0.25) is 0 Å². The smallest absolute Gasteiger partial charge is 0.339 e. The highest BCUT2D eigenvalue weighted by Gasteiger charge is 2.27. The second-order valence-corrected chi connectivity index (χ2v) is 10.6. The summed E-state index contributed by atoms with van der Waals surface area (Å²) >= 11 is 0. The number of esters is 1. The molecule has 0 bridgehead atoms. The van der Waals surface area contributed by atoms with E-state index >= 15 is 0 Å². The van der Waals surface area contributed by atoms with Crippen molar-refractivity contribution in [1.29, 1.82) is 0 Å². The predicted molar refractivity (Wildman–Crippen MR) is 155 cm³/mol. The van der Waals surface area contributed by atoms with E-state index in [2.05, 4.69) is 24.0 Å². The molecule has 1 fully saturated rings. The van der Waals surface area contributed by atoms with Crippen LogP contribution in [-0.2, 0) is 32.2 Å². The summed E-state index contributed by atoms with van der Waals surface area (Å²) in [6, 6.07) is 23.7. The summed E-state index contributed by atoms with van der Waals surface area (Å²) in [4.78, 5) is 17.7. The molecule has 1 aliphatic carbocycles. The van der Waals surface area contributed by atoms with Crippen molar-refractivity contribution in [3.05, 3.63) is 118 Å². The number of aryl methyl sites for hydroxylation is 2. The van der Waals surface area contributed by atoms with Gasteiger partial charge in [0, 0.05) is 12.0 Å². The molecule has 0 spiro atoms. The molecule has 1 aliphatic heterocycles. The van der Waals surface area contributed by atoms with Gasteiger partial charge in [-0.15, -0.1) is 0 Å². The monoisotopic (exact) mass is 539 g/mol. The van der Waals surface area contributed by atoms with Gasteiger partial charge in [0.05, 0.1) is 18.3 Å². The minimum absolute atomic E-state index is 0.0462. The van der Waals surface area contributed by atoms with E-state index < -0.39 is 0 Å². The first kappa shape index (κ1) is 27.7. The van der Waals surface area contributed by atoms with Crippen molar-refractivity contribution in [1.82, 2.24) is 0 Å². The molecular formula is C34H37NO5. The Labute approximate surface area is 236 Å². The molecule has 6 heteroatoms. The first-order chi connectivity index (χ1) is 19.5. The van der Waals surface area contributed by atoms with Gasteiger partial charge in [0.15, 0.2) is 0 Å².